The monoisotopic (exact) mass is 414 g/mol. The molecule has 0 aromatic heterocycles. The van der Waals surface area contributed by atoms with Crippen LogP contribution < -0.4 is 4.90 Å². The lowest BCUT2D eigenvalue weighted by atomic mass is 10.1. The van der Waals surface area contributed by atoms with Gasteiger partial charge in [0.2, 0.25) is 0 Å². The van der Waals surface area contributed by atoms with Crippen molar-refractivity contribution in [1.82, 2.24) is 14.7 Å². The summed E-state index contributed by atoms with van der Waals surface area (Å²) in [5.41, 5.74) is -0.0744. The minimum absolute atomic E-state index is 0.113. The van der Waals surface area contributed by atoms with E-state index in [1.165, 1.54) is 17.0 Å². The lowest BCUT2D eigenvalue weighted by Gasteiger charge is -2.36. The van der Waals surface area contributed by atoms with Crippen LogP contribution >= 0.6 is 11.8 Å². The molecule has 6 nitrogen and oxygen atoms in total. The largest absolute Gasteiger partial charge is 0.416 e. The zero-order chi connectivity index (χ0) is 19.9. The van der Waals surface area contributed by atoms with E-state index in [0.29, 0.717) is 56.6 Å². The van der Waals surface area contributed by atoms with Gasteiger partial charge in [0.25, 0.3) is 5.91 Å². The van der Waals surface area contributed by atoms with E-state index in [4.69, 9.17) is 0 Å². The maximum atomic E-state index is 12.9. The summed E-state index contributed by atoms with van der Waals surface area (Å²) in [7, 11) is 0. The average molecular weight is 414 g/mol. The van der Waals surface area contributed by atoms with Crippen LogP contribution in [-0.2, 0) is 11.0 Å². The predicted octanol–water partition coefficient (Wildman–Crippen LogP) is 2.16. The molecule has 3 aliphatic heterocycles. The fourth-order valence-corrected chi connectivity index (χ4v) is 4.96. The number of carbonyl (C=O) groups excluding carboxylic acids is 2. The second-order valence-corrected chi connectivity index (χ2v) is 8.13. The van der Waals surface area contributed by atoms with E-state index in [9.17, 15) is 22.8 Å². The average Bonchev–Trinajstić information content (AvgIpc) is 3.25. The van der Waals surface area contributed by atoms with Crippen LogP contribution in [0, 0.1) is 0 Å². The normalized spacial score (nSPS) is 23.7. The second kappa shape index (κ2) is 7.47. The highest BCUT2D eigenvalue weighted by atomic mass is 32.2. The lowest BCUT2D eigenvalue weighted by Crippen LogP contribution is -2.49. The summed E-state index contributed by atoms with van der Waals surface area (Å²) in [6.45, 7) is 3.51. The number of rotatable bonds is 4. The number of halogens is 3. The van der Waals surface area contributed by atoms with E-state index in [1.54, 1.807) is 22.7 Å². The summed E-state index contributed by atoms with van der Waals surface area (Å²) >= 11 is 1.59. The number of alkyl halides is 3. The van der Waals surface area contributed by atoms with Crippen molar-refractivity contribution in [3.63, 3.8) is 0 Å². The number of anilines is 1. The van der Waals surface area contributed by atoms with E-state index in [1.807, 2.05) is 4.90 Å². The van der Waals surface area contributed by atoms with Gasteiger partial charge in [0, 0.05) is 50.7 Å². The van der Waals surface area contributed by atoms with Crippen molar-refractivity contribution >= 4 is 29.4 Å². The summed E-state index contributed by atoms with van der Waals surface area (Å²) in [5.74, 6) is 1.12. The van der Waals surface area contributed by atoms with Crippen LogP contribution in [0.25, 0.3) is 0 Å². The van der Waals surface area contributed by atoms with E-state index in [0.717, 1.165) is 6.07 Å². The highest BCUT2D eigenvalue weighted by Gasteiger charge is 2.47. The number of thioether (sulfide) groups is 1. The number of hydrogen-bond donors (Lipinski definition) is 0. The van der Waals surface area contributed by atoms with Crippen molar-refractivity contribution in [3.8, 4) is 0 Å². The van der Waals surface area contributed by atoms with E-state index in [2.05, 4.69) is 4.90 Å². The molecular weight excluding hydrogens is 393 g/mol. The first-order chi connectivity index (χ1) is 13.3. The SMILES string of the molecule is O=C1C2CSCN2C(=O)N1CCN1CCN(c2cccc(C(F)(F)F)c2)CC1. The Kier molecular flexibility index (Phi) is 5.17. The summed E-state index contributed by atoms with van der Waals surface area (Å²) < 4.78 is 38.7. The molecule has 4 rings (SSSR count). The predicted molar refractivity (Wildman–Crippen MR) is 100 cm³/mol. The molecule has 28 heavy (non-hydrogen) atoms. The molecule has 0 aliphatic carbocycles. The van der Waals surface area contributed by atoms with Gasteiger partial charge in [-0.3, -0.25) is 14.6 Å². The number of hydrogen-bond acceptors (Lipinski definition) is 5. The third kappa shape index (κ3) is 3.67. The van der Waals surface area contributed by atoms with Crippen LogP contribution in [0.5, 0.6) is 0 Å². The molecule has 3 fully saturated rings. The van der Waals surface area contributed by atoms with Gasteiger partial charge in [0.15, 0.2) is 0 Å². The molecule has 1 aromatic rings. The molecule has 1 aromatic carbocycles. The first-order valence-corrected chi connectivity index (χ1v) is 10.3. The Morgan fingerprint density at radius 2 is 1.82 bits per heavy atom. The molecule has 152 valence electrons. The van der Waals surface area contributed by atoms with Gasteiger partial charge in [-0.1, -0.05) is 6.07 Å². The number of carbonyl (C=O) groups is 2. The Balaban J connectivity index is 1.29. The number of piperazine rings is 1. The summed E-state index contributed by atoms with van der Waals surface area (Å²) in [5, 5.41) is 0. The summed E-state index contributed by atoms with van der Waals surface area (Å²) in [6.07, 6.45) is -4.35. The van der Waals surface area contributed by atoms with Crippen molar-refractivity contribution in [2.75, 3.05) is 55.8 Å². The smallest absolute Gasteiger partial charge is 0.369 e. The third-order valence-corrected chi connectivity index (χ3v) is 6.47. The minimum atomic E-state index is -4.35. The van der Waals surface area contributed by atoms with Gasteiger partial charge in [-0.25, -0.2) is 4.79 Å². The maximum absolute atomic E-state index is 12.9. The number of urea groups is 1. The molecule has 3 amide bonds. The number of fused-ring (bicyclic) bond motifs is 1. The first-order valence-electron chi connectivity index (χ1n) is 9.19. The molecule has 0 spiro atoms. The number of imide groups is 1. The van der Waals surface area contributed by atoms with Crippen molar-refractivity contribution in [1.29, 1.82) is 0 Å². The minimum Gasteiger partial charge on any atom is -0.369 e. The van der Waals surface area contributed by atoms with Crippen molar-refractivity contribution in [3.05, 3.63) is 29.8 Å². The number of benzene rings is 1. The van der Waals surface area contributed by atoms with Crippen molar-refractivity contribution in [2.24, 2.45) is 0 Å². The zero-order valence-electron chi connectivity index (χ0n) is 15.2. The van der Waals surface area contributed by atoms with Gasteiger partial charge in [-0.2, -0.15) is 13.2 Å². The Bertz CT molecular complexity index is 745. The molecule has 3 heterocycles. The van der Waals surface area contributed by atoms with Crippen LogP contribution in [-0.4, -0.2) is 83.6 Å². The zero-order valence-corrected chi connectivity index (χ0v) is 16.0. The molecular formula is C18H21F3N4O2S. The number of amides is 3. The maximum Gasteiger partial charge on any atom is 0.416 e. The topological polar surface area (TPSA) is 47.1 Å². The standard InChI is InChI=1S/C18H21F3N4O2S/c19-18(20,21)13-2-1-3-14(10-13)23-7-4-22(5-8-23)6-9-24-16(26)15-11-28-12-25(15)17(24)27/h1-3,10,15H,4-9,11-12H2. The van der Waals surface area contributed by atoms with Gasteiger partial charge in [-0.05, 0) is 18.2 Å². The Hall–Kier alpha value is -1.94. The highest BCUT2D eigenvalue weighted by Crippen LogP contribution is 2.32. The highest BCUT2D eigenvalue weighted by molar-refractivity contribution is 7.99. The first kappa shape index (κ1) is 19.4. The fraction of sp³-hybridized carbons (Fsp3) is 0.556. The molecule has 0 N–H and O–H groups in total. The van der Waals surface area contributed by atoms with Crippen LogP contribution in [0.1, 0.15) is 5.56 Å². The molecule has 0 saturated carbocycles. The van der Waals surface area contributed by atoms with E-state index < -0.39 is 11.7 Å². The van der Waals surface area contributed by atoms with Gasteiger partial charge in [0.05, 0.1) is 11.4 Å². The molecule has 0 bridgehead atoms. The second-order valence-electron chi connectivity index (χ2n) is 7.13. The van der Waals surface area contributed by atoms with E-state index >= 15 is 0 Å². The van der Waals surface area contributed by atoms with Gasteiger partial charge in [0.1, 0.15) is 6.04 Å². The molecule has 1 unspecified atom stereocenters. The van der Waals surface area contributed by atoms with Crippen molar-refractivity contribution in [2.45, 2.75) is 12.2 Å². The van der Waals surface area contributed by atoms with Crippen LogP contribution in [0.2, 0.25) is 0 Å². The van der Waals surface area contributed by atoms with Crippen molar-refractivity contribution < 1.29 is 22.8 Å². The Morgan fingerprint density at radius 1 is 1.07 bits per heavy atom. The quantitative estimate of drug-likeness (QED) is 0.707. The van der Waals surface area contributed by atoms with Gasteiger partial charge >= 0.3 is 12.2 Å². The molecule has 3 saturated heterocycles. The van der Waals surface area contributed by atoms with Crippen LogP contribution in [0.3, 0.4) is 0 Å². The molecule has 0 radical (unpaired) electrons. The molecule has 10 heteroatoms. The van der Waals surface area contributed by atoms with E-state index in [-0.39, 0.29) is 18.0 Å². The number of nitrogens with zero attached hydrogens (tertiary/aromatic N) is 4. The van der Waals surface area contributed by atoms with Crippen LogP contribution in [0.4, 0.5) is 23.7 Å². The fourth-order valence-electron chi connectivity index (χ4n) is 3.82. The Morgan fingerprint density at radius 3 is 2.50 bits per heavy atom. The molecule has 1 atom stereocenters. The third-order valence-electron chi connectivity index (χ3n) is 5.46. The van der Waals surface area contributed by atoms with Gasteiger partial charge < -0.3 is 9.80 Å². The summed E-state index contributed by atoms with van der Waals surface area (Å²) in [6, 6.07) is 4.87. The van der Waals surface area contributed by atoms with Crippen LogP contribution in [0.15, 0.2) is 24.3 Å². The Labute approximate surface area is 165 Å². The lowest BCUT2D eigenvalue weighted by molar-refractivity contribution is -0.137. The molecule has 3 aliphatic rings. The summed E-state index contributed by atoms with van der Waals surface area (Å²) in [4.78, 5) is 31.7. The van der Waals surface area contributed by atoms with Gasteiger partial charge in [-0.15, -0.1) is 11.8 Å².